The van der Waals surface area contributed by atoms with E-state index in [0.717, 1.165) is 18.5 Å². The fourth-order valence-electron chi connectivity index (χ4n) is 2.97. The van der Waals surface area contributed by atoms with Crippen molar-refractivity contribution in [2.24, 2.45) is 4.99 Å². The number of hydrogen-bond acceptors (Lipinski definition) is 3. The Hall–Kier alpha value is -2.62. The van der Waals surface area contributed by atoms with Crippen LogP contribution in [0.3, 0.4) is 0 Å². The van der Waals surface area contributed by atoms with Gasteiger partial charge < -0.3 is 19.9 Å². The van der Waals surface area contributed by atoms with Crippen LogP contribution in [0.1, 0.15) is 24.5 Å². The molecule has 166 valence electrons. The first-order chi connectivity index (χ1) is 14.7. The van der Waals surface area contributed by atoms with Crippen LogP contribution in [0.25, 0.3) is 0 Å². The highest BCUT2D eigenvalue weighted by atomic mass is 127. The molecule has 1 unspecified atom stereocenters. The lowest BCUT2D eigenvalue weighted by molar-refractivity contribution is 0.199. The maximum absolute atomic E-state index is 13.3. The number of ether oxygens (including phenoxy) is 1. The molecule has 0 aliphatic heterocycles. The summed E-state index contributed by atoms with van der Waals surface area (Å²) in [5, 5.41) is 6.59. The minimum atomic E-state index is -0.302. The normalized spacial score (nSPS) is 12.0. The molecule has 2 N–H and O–H groups in total. The number of hydrogen-bond donors (Lipinski definition) is 2. The van der Waals surface area contributed by atoms with Crippen molar-refractivity contribution in [3.63, 3.8) is 0 Å². The molecule has 0 radical (unpaired) electrons. The summed E-state index contributed by atoms with van der Waals surface area (Å²) in [5.74, 6) is 0.921. The van der Waals surface area contributed by atoms with Gasteiger partial charge in [0, 0.05) is 38.6 Å². The zero-order valence-electron chi connectivity index (χ0n) is 17.8. The third kappa shape index (κ3) is 8.20. The molecule has 0 amide bonds. The summed E-state index contributed by atoms with van der Waals surface area (Å²) in [4.78, 5) is 8.33. The SMILES string of the molecule is CCC(CNC(=NC)NCc1ccc(Cn2ccnc2)cc1)Oc1cccc(F)c1.I. The number of halogens is 2. The minimum absolute atomic E-state index is 0. The Balaban J connectivity index is 0.00000341. The zero-order valence-corrected chi connectivity index (χ0v) is 20.1. The van der Waals surface area contributed by atoms with Crippen molar-refractivity contribution in [1.29, 1.82) is 0 Å². The van der Waals surface area contributed by atoms with Gasteiger partial charge >= 0.3 is 0 Å². The van der Waals surface area contributed by atoms with E-state index in [9.17, 15) is 4.39 Å². The average molecular weight is 537 g/mol. The van der Waals surface area contributed by atoms with E-state index >= 15 is 0 Å². The largest absolute Gasteiger partial charge is 0.489 e. The van der Waals surface area contributed by atoms with Gasteiger partial charge in [-0.1, -0.05) is 37.3 Å². The topological polar surface area (TPSA) is 63.5 Å². The first-order valence-corrected chi connectivity index (χ1v) is 10.1. The molecule has 1 atom stereocenters. The molecule has 1 heterocycles. The molecule has 0 bridgehead atoms. The molecule has 8 heteroatoms. The van der Waals surface area contributed by atoms with Gasteiger partial charge in [-0.3, -0.25) is 4.99 Å². The van der Waals surface area contributed by atoms with E-state index in [1.807, 2.05) is 24.0 Å². The monoisotopic (exact) mass is 537 g/mol. The number of aliphatic imine (C=N–C) groups is 1. The molecule has 0 fully saturated rings. The van der Waals surface area contributed by atoms with Gasteiger partial charge in [0.25, 0.3) is 0 Å². The second-order valence-corrected chi connectivity index (χ2v) is 6.96. The number of nitrogens with one attached hydrogen (secondary N) is 2. The molecule has 2 aromatic carbocycles. The number of imidazole rings is 1. The average Bonchev–Trinajstić information content (AvgIpc) is 3.27. The maximum atomic E-state index is 13.3. The lowest BCUT2D eigenvalue weighted by Gasteiger charge is -2.20. The van der Waals surface area contributed by atoms with Crippen LogP contribution in [0.4, 0.5) is 4.39 Å². The Bertz CT molecular complexity index is 931. The molecule has 0 saturated carbocycles. The van der Waals surface area contributed by atoms with Gasteiger partial charge in [-0.05, 0) is 29.7 Å². The second kappa shape index (κ2) is 12.9. The standard InChI is InChI=1S/C23H28FN5O.HI/c1-3-21(30-22-6-4-5-20(24)13-22)15-28-23(25-2)27-14-18-7-9-19(10-8-18)16-29-12-11-26-17-29;/h4-13,17,21H,3,14-16H2,1-2H3,(H2,25,27,28);1H. The smallest absolute Gasteiger partial charge is 0.191 e. The first-order valence-electron chi connectivity index (χ1n) is 10.1. The van der Waals surface area contributed by atoms with Crippen LogP contribution in [0.15, 0.2) is 72.2 Å². The zero-order chi connectivity index (χ0) is 21.2. The van der Waals surface area contributed by atoms with E-state index in [2.05, 4.69) is 44.9 Å². The molecule has 0 saturated heterocycles. The van der Waals surface area contributed by atoms with E-state index in [4.69, 9.17) is 4.74 Å². The quantitative estimate of drug-likeness (QED) is 0.244. The van der Waals surface area contributed by atoms with E-state index in [-0.39, 0.29) is 35.9 Å². The summed E-state index contributed by atoms with van der Waals surface area (Å²) in [6.07, 6.45) is 6.24. The molecule has 0 aliphatic carbocycles. The van der Waals surface area contributed by atoms with Gasteiger partial charge in [0.2, 0.25) is 0 Å². The summed E-state index contributed by atoms with van der Waals surface area (Å²) in [5.41, 5.74) is 2.38. The summed E-state index contributed by atoms with van der Waals surface area (Å²) in [6, 6.07) is 14.7. The van der Waals surface area contributed by atoms with E-state index in [0.29, 0.717) is 24.8 Å². The highest BCUT2D eigenvalue weighted by Gasteiger charge is 2.10. The van der Waals surface area contributed by atoms with Crippen LogP contribution < -0.4 is 15.4 Å². The molecule has 1 aromatic heterocycles. The molecule has 6 nitrogen and oxygen atoms in total. The highest BCUT2D eigenvalue weighted by Crippen LogP contribution is 2.14. The molecule has 0 aliphatic rings. The summed E-state index contributed by atoms with van der Waals surface area (Å²) < 4.78 is 21.2. The van der Waals surface area contributed by atoms with E-state index < -0.39 is 0 Å². The lowest BCUT2D eigenvalue weighted by Crippen LogP contribution is -2.42. The Morgan fingerprint density at radius 2 is 1.94 bits per heavy atom. The number of guanidine groups is 1. The van der Waals surface area contributed by atoms with Gasteiger partial charge in [0.05, 0.1) is 12.9 Å². The van der Waals surface area contributed by atoms with Crippen molar-refractivity contribution >= 4 is 29.9 Å². The number of rotatable bonds is 9. The Kier molecular flexibility index (Phi) is 10.3. The number of aromatic nitrogens is 2. The first kappa shape index (κ1) is 24.6. The van der Waals surface area contributed by atoms with Gasteiger partial charge in [0.15, 0.2) is 5.96 Å². The van der Waals surface area contributed by atoms with E-state index in [1.165, 1.54) is 17.7 Å². The van der Waals surface area contributed by atoms with Crippen LogP contribution in [0.2, 0.25) is 0 Å². The third-order valence-electron chi connectivity index (χ3n) is 4.68. The number of nitrogens with zero attached hydrogens (tertiary/aromatic N) is 3. The van der Waals surface area contributed by atoms with Crippen LogP contribution in [-0.2, 0) is 13.1 Å². The predicted molar refractivity (Wildman–Crippen MR) is 132 cm³/mol. The molecular formula is C23H29FIN5O. The van der Waals surface area contributed by atoms with Gasteiger partial charge in [-0.15, -0.1) is 24.0 Å². The Labute approximate surface area is 200 Å². The fourth-order valence-corrected chi connectivity index (χ4v) is 2.97. The molecule has 3 aromatic rings. The molecule has 3 rings (SSSR count). The van der Waals surface area contributed by atoms with E-state index in [1.54, 1.807) is 25.4 Å². The van der Waals surface area contributed by atoms with Crippen molar-refractivity contribution in [1.82, 2.24) is 20.2 Å². The molecule has 31 heavy (non-hydrogen) atoms. The van der Waals surface area contributed by atoms with Crippen molar-refractivity contribution < 1.29 is 9.13 Å². The maximum Gasteiger partial charge on any atom is 0.191 e. The van der Waals surface area contributed by atoms with Crippen molar-refractivity contribution in [2.45, 2.75) is 32.5 Å². The van der Waals surface area contributed by atoms with Crippen molar-refractivity contribution in [3.8, 4) is 5.75 Å². The lowest BCUT2D eigenvalue weighted by atomic mass is 10.1. The Morgan fingerprint density at radius 1 is 1.16 bits per heavy atom. The second-order valence-electron chi connectivity index (χ2n) is 6.96. The summed E-state index contributed by atoms with van der Waals surface area (Å²) >= 11 is 0. The van der Waals surface area contributed by atoms with Crippen LogP contribution in [0, 0.1) is 5.82 Å². The van der Waals surface area contributed by atoms with Crippen LogP contribution in [0.5, 0.6) is 5.75 Å². The summed E-state index contributed by atoms with van der Waals surface area (Å²) in [6.45, 7) is 4.07. The van der Waals surface area contributed by atoms with Gasteiger partial charge in [0.1, 0.15) is 17.7 Å². The number of benzene rings is 2. The molecule has 0 spiro atoms. The minimum Gasteiger partial charge on any atom is -0.489 e. The van der Waals surface area contributed by atoms with Crippen LogP contribution in [-0.4, -0.2) is 35.2 Å². The predicted octanol–water partition coefficient (Wildman–Crippen LogP) is 4.21. The van der Waals surface area contributed by atoms with Crippen molar-refractivity contribution in [3.05, 3.63) is 84.2 Å². The van der Waals surface area contributed by atoms with Gasteiger partial charge in [-0.2, -0.15) is 0 Å². The highest BCUT2D eigenvalue weighted by molar-refractivity contribution is 14.0. The third-order valence-corrected chi connectivity index (χ3v) is 4.68. The van der Waals surface area contributed by atoms with Gasteiger partial charge in [-0.25, -0.2) is 9.37 Å². The van der Waals surface area contributed by atoms with Crippen LogP contribution >= 0.6 is 24.0 Å². The summed E-state index contributed by atoms with van der Waals surface area (Å²) in [7, 11) is 1.73. The Morgan fingerprint density at radius 3 is 2.58 bits per heavy atom. The fraction of sp³-hybridized carbons (Fsp3) is 0.304. The van der Waals surface area contributed by atoms with Crippen molar-refractivity contribution in [2.75, 3.05) is 13.6 Å². The molecular weight excluding hydrogens is 508 g/mol.